The van der Waals surface area contributed by atoms with E-state index in [1.54, 1.807) is 0 Å². The molecule has 0 fully saturated rings. The van der Waals surface area contributed by atoms with Gasteiger partial charge >= 0.3 is 0 Å². The smallest absolute Gasteiger partial charge is 0.143 e. The second-order valence-electron chi connectivity index (χ2n) is 13.5. The fourth-order valence-electron chi connectivity index (χ4n) is 7.09. The average Bonchev–Trinajstić information content (AvgIpc) is 3.76. The average molecular weight is 684 g/mol. The van der Waals surface area contributed by atoms with Crippen molar-refractivity contribution in [1.29, 1.82) is 0 Å². The SMILES string of the molecule is Cc1ccc(-c2ccccc2)cc1.Cc1cccc2c1oc1c(-c3ccc4c5ccccc5n(-c5ccccc5)c4c3)cccc12.Cc1ccccc1. The van der Waals surface area contributed by atoms with E-state index in [0.29, 0.717) is 0 Å². The molecule has 0 radical (unpaired) electrons. The van der Waals surface area contributed by atoms with Crippen LogP contribution in [0.25, 0.3) is 71.7 Å². The molecule has 0 spiro atoms. The molecule has 8 aromatic carbocycles. The lowest BCUT2D eigenvalue weighted by atomic mass is 10.0. The van der Waals surface area contributed by atoms with Crippen LogP contribution in [0.1, 0.15) is 16.7 Å². The Bertz CT molecular complexity index is 2770. The van der Waals surface area contributed by atoms with E-state index in [4.69, 9.17) is 4.42 Å². The van der Waals surface area contributed by atoms with Gasteiger partial charge < -0.3 is 8.98 Å². The summed E-state index contributed by atoms with van der Waals surface area (Å²) >= 11 is 0. The number of rotatable bonds is 3. The van der Waals surface area contributed by atoms with E-state index in [-0.39, 0.29) is 0 Å². The number of para-hydroxylation sites is 4. The highest BCUT2D eigenvalue weighted by molar-refractivity contribution is 6.13. The van der Waals surface area contributed by atoms with Gasteiger partial charge in [-0.15, -0.1) is 0 Å². The summed E-state index contributed by atoms with van der Waals surface area (Å²) in [4.78, 5) is 0. The summed E-state index contributed by atoms with van der Waals surface area (Å²) in [5.74, 6) is 0. The maximum Gasteiger partial charge on any atom is 0.143 e. The molecule has 10 aromatic rings. The van der Waals surface area contributed by atoms with E-state index in [0.717, 1.165) is 33.2 Å². The molecule has 53 heavy (non-hydrogen) atoms. The maximum absolute atomic E-state index is 6.45. The van der Waals surface area contributed by atoms with Crippen LogP contribution in [0.2, 0.25) is 0 Å². The summed E-state index contributed by atoms with van der Waals surface area (Å²) < 4.78 is 8.81. The number of hydrogen-bond donors (Lipinski definition) is 0. The van der Waals surface area contributed by atoms with Crippen LogP contribution in [0.3, 0.4) is 0 Å². The largest absolute Gasteiger partial charge is 0.455 e. The predicted octanol–water partition coefficient (Wildman–Crippen LogP) is 14.3. The van der Waals surface area contributed by atoms with E-state index in [2.05, 4.69) is 195 Å². The molecular weight excluding hydrogens is 643 g/mol. The molecule has 2 heteroatoms. The Balaban J connectivity index is 0.000000163. The molecule has 0 saturated heterocycles. The summed E-state index contributed by atoms with van der Waals surface area (Å²) in [7, 11) is 0. The zero-order chi connectivity index (χ0) is 36.1. The lowest BCUT2D eigenvalue weighted by Gasteiger charge is -2.09. The van der Waals surface area contributed by atoms with Crippen molar-refractivity contribution in [2.45, 2.75) is 20.8 Å². The topological polar surface area (TPSA) is 18.1 Å². The van der Waals surface area contributed by atoms with Crippen molar-refractivity contribution in [2.24, 2.45) is 0 Å². The van der Waals surface area contributed by atoms with Crippen LogP contribution >= 0.6 is 0 Å². The first-order valence-electron chi connectivity index (χ1n) is 18.2. The molecule has 2 heterocycles. The minimum absolute atomic E-state index is 0.948. The zero-order valence-corrected chi connectivity index (χ0v) is 30.3. The molecule has 0 unspecified atom stereocenters. The minimum atomic E-state index is 0.948. The fraction of sp³-hybridized carbons (Fsp3) is 0.0588. The van der Waals surface area contributed by atoms with Crippen molar-refractivity contribution in [3.8, 4) is 27.9 Å². The number of nitrogens with zero attached hydrogens (tertiary/aromatic N) is 1. The highest BCUT2D eigenvalue weighted by atomic mass is 16.3. The van der Waals surface area contributed by atoms with Crippen LogP contribution in [-0.4, -0.2) is 4.57 Å². The van der Waals surface area contributed by atoms with Crippen molar-refractivity contribution in [1.82, 2.24) is 4.57 Å². The third kappa shape index (κ3) is 6.88. The van der Waals surface area contributed by atoms with Crippen molar-refractivity contribution < 1.29 is 4.42 Å². The van der Waals surface area contributed by atoms with Gasteiger partial charge in [0.2, 0.25) is 0 Å². The third-order valence-corrected chi connectivity index (χ3v) is 9.82. The second-order valence-corrected chi connectivity index (χ2v) is 13.5. The van der Waals surface area contributed by atoms with Crippen LogP contribution in [0.4, 0.5) is 0 Å². The monoisotopic (exact) mass is 683 g/mol. The zero-order valence-electron chi connectivity index (χ0n) is 30.3. The molecule has 2 aromatic heterocycles. The molecule has 2 nitrogen and oxygen atoms in total. The first-order chi connectivity index (χ1) is 26.0. The van der Waals surface area contributed by atoms with Crippen LogP contribution in [0.15, 0.2) is 199 Å². The van der Waals surface area contributed by atoms with E-state index >= 15 is 0 Å². The van der Waals surface area contributed by atoms with Gasteiger partial charge in [-0.25, -0.2) is 0 Å². The number of hydrogen-bond acceptors (Lipinski definition) is 1. The fourth-order valence-corrected chi connectivity index (χ4v) is 7.09. The Kier molecular flexibility index (Phi) is 9.43. The lowest BCUT2D eigenvalue weighted by Crippen LogP contribution is -1.93. The molecule has 0 atom stereocenters. The summed E-state index contributed by atoms with van der Waals surface area (Å²) in [6.45, 7) is 6.30. The number of aryl methyl sites for hydroxylation is 3. The van der Waals surface area contributed by atoms with Crippen LogP contribution in [-0.2, 0) is 0 Å². The quantitative estimate of drug-likeness (QED) is 0.181. The van der Waals surface area contributed by atoms with Crippen LogP contribution in [0.5, 0.6) is 0 Å². The molecule has 0 aliphatic carbocycles. The van der Waals surface area contributed by atoms with E-state index in [9.17, 15) is 0 Å². The van der Waals surface area contributed by atoms with Crippen LogP contribution < -0.4 is 0 Å². The van der Waals surface area contributed by atoms with Gasteiger partial charge in [-0.2, -0.15) is 0 Å². The van der Waals surface area contributed by atoms with E-state index < -0.39 is 0 Å². The Morgan fingerprint density at radius 3 is 1.58 bits per heavy atom. The molecule has 0 aliphatic rings. The van der Waals surface area contributed by atoms with Gasteiger partial charge in [-0.05, 0) is 67.3 Å². The highest BCUT2D eigenvalue weighted by Crippen LogP contribution is 2.39. The van der Waals surface area contributed by atoms with Crippen LogP contribution in [0, 0.1) is 20.8 Å². The standard InChI is InChI=1S/C31H21NO.C13H12.C7H8/c1-20-9-7-14-26-27-15-8-13-23(31(27)33-30(20)26)21-17-18-25-24-12-5-6-16-28(24)32(29(25)19-21)22-10-3-2-4-11-22;1-11-7-9-13(10-8-11)12-5-3-2-4-6-12;1-7-5-3-2-4-6-7/h2-19H,1H3;2-10H,1H3;2-6H,1H3. The van der Waals surface area contributed by atoms with Gasteiger partial charge in [0.05, 0.1) is 11.0 Å². The van der Waals surface area contributed by atoms with Gasteiger partial charge in [-0.3, -0.25) is 0 Å². The first kappa shape index (κ1) is 33.5. The Hall–Kier alpha value is -6.64. The predicted molar refractivity (Wildman–Crippen MR) is 226 cm³/mol. The molecule has 10 rings (SSSR count). The second kappa shape index (κ2) is 14.9. The third-order valence-electron chi connectivity index (χ3n) is 9.82. The molecule has 0 N–H and O–H groups in total. The normalized spacial score (nSPS) is 10.9. The molecule has 0 saturated carbocycles. The van der Waals surface area contributed by atoms with Crippen molar-refractivity contribution in [2.75, 3.05) is 0 Å². The van der Waals surface area contributed by atoms with E-state index in [1.165, 1.54) is 55.1 Å². The molecular formula is C51H41NO. The van der Waals surface area contributed by atoms with Gasteiger partial charge in [0, 0.05) is 32.8 Å². The molecule has 256 valence electrons. The Labute approximate surface area is 311 Å². The first-order valence-corrected chi connectivity index (χ1v) is 18.2. The lowest BCUT2D eigenvalue weighted by molar-refractivity contribution is 0.667. The van der Waals surface area contributed by atoms with Crippen molar-refractivity contribution >= 4 is 43.7 Å². The van der Waals surface area contributed by atoms with E-state index in [1.807, 2.05) is 24.3 Å². The summed E-state index contributed by atoms with van der Waals surface area (Å²) in [5.41, 5.74) is 14.1. The number of aromatic nitrogens is 1. The maximum atomic E-state index is 6.45. The molecule has 0 bridgehead atoms. The number of furan rings is 1. The summed E-state index contributed by atoms with van der Waals surface area (Å²) in [5, 5.41) is 4.85. The Morgan fingerprint density at radius 1 is 0.358 bits per heavy atom. The molecule has 0 aliphatic heterocycles. The minimum Gasteiger partial charge on any atom is -0.455 e. The van der Waals surface area contributed by atoms with Gasteiger partial charge in [0.15, 0.2) is 0 Å². The van der Waals surface area contributed by atoms with Gasteiger partial charge in [-0.1, -0.05) is 181 Å². The van der Waals surface area contributed by atoms with Crippen molar-refractivity contribution in [3.63, 3.8) is 0 Å². The number of fused-ring (bicyclic) bond motifs is 6. The summed E-state index contributed by atoms with van der Waals surface area (Å²) in [6, 6.07) is 68.1. The van der Waals surface area contributed by atoms with Gasteiger partial charge in [0.25, 0.3) is 0 Å². The highest BCUT2D eigenvalue weighted by Gasteiger charge is 2.16. The molecule has 0 amide bonds. The van der Waals surface area contributed by atoms with Crippen molar-refractivity contribution in [3.05, 3.63) is 211 Å². The van der Waals surface area contributed by atoms with Gasteiger partial charge in [0.1, 0.15) is 11.2 Å². The number of benzene rings is 8. The Morgan fingerprint density at radius 2 is 0.887 bits per heavy atom. The summed E-state index contributed by atoms with van der Waals surface area (Å²) in [6.07, 6.45) is 0.